The number of hydrogen-bond acceptors (Lipinski definition) is 1. The van der Waals surface area contributed by atoms with E-state index in [2.05, 4.69) is 11.7 Å². The van der Waals surface area contributed by atoms with Crippen molar-refractivity contribution in [2.45, 2.75) is 0 Å². The summed E-state index contributed by atoms with van der Waals surface area (Å²) in [5.41, 5.74) is 0. The van der Waals surface area contributed by atoms with E-state index in [1.807, 2.05) is 0 Å². The van der Waals surface area contributed by atoms with Crippen LogP contribution in [0.25, 0.3) is 0 Å². The predicted octanol–water partition coefficient (Wildman–Crippen LogP) is 0.314. The van der Waals surface area contributed by atoms with E-state index in [1.54, 1.807) is 7.05 Å². The van der Waals surface area contributed by atoms with Crippen molar-refractivity contribution in [3.8, 4) is 0 Å². The largest absolute Gasteiger partial charge is 0.304 e. The molecule has 0 aromatic heterocycles. The van der Waals surface area contributed by atoms with Crippen molar-refractivity contribution < 1.29 is 20.4 Å². The van der Waals surface area contributed by atoms with Crippen LogP contribution in [-0.2, 0) is 20.4 Å². The maximum atomic E-state index is 3.25. The zero-order valence-corrected chi connectivity index (χ0v) is 5.25. The van der Waals surface area contributed by atoms with Crippen molar-refractivity contribution >= 4 is 6.72 Å². The van der Waals surface area contributed by atoms with Crippen molar-refractivity contribution in [3.63, 3.8) is 0 Å². The third-order valence-electron chi connectivity index (χ3n) is 0. The molecule has 1 nitrogen and oxygen atoms in total. The Kier molecular flexibility index (Phi) is 22.6. The molecule has 2 heteroatoms. The molecule has 0 aromatic carbocycles. The Hall–Kier alpha value is 0.332. The smallest absolute Gasteiger partial charge is 0.0269 e. The Morgan fingerprint density at radius 3 is 1.75 bits per heavy atom. The van der Waals surface area contributed by atoms with Crippen LogP contribution in [0.4, 0.5) is 0 Å². The standard InChI is InChI=1S/C2H5N.Re/c1-3-2;/h1H2,2H3;. The summed E-state index contributed by atoms with van der Waals surface area (Å²) in [5, 5.41) is 0. The molecule has 0 fully saturated rings. The number of nitrogens with zero attached hydrogens (tertiary/aromatic N) is 1. The van der Waals surface area contributed by atoms with E-state index in [4.69, 9.17) is 0 Å². The van der Waals surface area contributed by atoms with Crippen molar-refractivity contribution in [2.75, 3.05) is 7.05 Å². The van der Waals surface area contributed by atoms with Crippen LogP contribution in [0.15, 0.2) is 4.99 Å². The van der Waals surface area contributed by atoms with Gasteiger partial charge in [-0.15, -0.1) is 0 Å². The maximum absolute atomic E-state index is 3.25. The molecular weight excluding hydrogens is 224 g/mol. The van der Waals surface area contributed by atoms with Gasteiger partial charge in [-0.2, -0.15) is 0 Å². The van der Waals surface area contributed by atoms with Crippen LogP contribution in [0.5, 0.6) is 0 Å². The van der Waals surface area contributed by atoms with E-state index < -0.39 is 0 Å². The molecule has 0 aromatic rings. The third kappa shape index (κ3) is 37.5. The fourth-order valence-corrected chi connectivity index (χ4v) is 0. The Labute approximate surface area is 39.8 Å². The topological polar surface area (TPSA) is 12.4 Å². The molecule has 0 heterocycles. The van der Waals surface area contributed by atoms with Gasteiger partial charge < -0.3 is 4.99 Å². The van der Waals surface area contributed by atoms with Crippen molar-refractivity contribution in [1.29, 1.82) is 0 Å². The second-order valence-corrected chi connectivity index (χ2v) is 0.316. The number of hydrogen-bond donors (Lipinski definition) is 0. The molecule has 0 saturated carbocycles. The van der Waals surface area contributed by atoms with Gasteiger partial charge in [0.2, 0.25) is 0 Å². The minimum atomic E-state index is 0. The van der Waals surface area contributed by atoms with Crippen LogP contribution in [0.2, 0.25) is 0 Å². The molecular formula is C2H5NRe. The van der Waals surface area contributed by atoms with Crippen molar-refractivity contribution in [3.05, 3.63) is 0 Å². The fraction of sp³-hybridized carbons (Fsp3) is 0.500. The second kappa shape index (κ2) is 10.2. The minimum absolute atomic E-state index is 0. The molecule has 0 aliphatic rings. The molecule has 0 spiro atoms. The summed E-state index contributed by atoms with van der Waals surface area (Å²) in [7, 11) is 1.64. The van der Waals surface area contributed by atoms with Crippen molar-refractivity contribution in [1.82, 2.24) is 0 Å². The van der Waals surface area contributed by atoms with Crippen molar-refractivity contribution in [2.24, 2.45) is 4.99 Å². The van der Waals surface area contributed by atoms with Crippen LogP contribution in [0, 0.1) is 0 Å². The second-order valence-electron chi connectivity index (χ2n) is 0.316. The van der Waals surface area contributed by atoms with Gasteiger partial charge in [-0.05, 0) is 6.72 Å². The quantitative estimate of drug-likeness (QED) is 0.530. The molecule has 1 radical (unpaired) electrons. The molecule has 25 valence electrons. The average molecular weight is 229 g/mol. The monoisotopic (exact) mass is 230 g/mol. The summed E-state index contributed by atoms with van der Waals surface area (Å²) < 4.78 is 0. The summed E-state index contributed by atoms with van der Waals surface area (Å²) >= 11 is 0. The summed E-state index contributed by atoms with van der Waals surface area (Å²) in [6, 6.07) is 0. The fourth-order valence-electron chi connectivity index (χ4n) is 0. The molecule has 0 unspecified atom stereocenters. The van der Waals surface area contributed by atoms with E-state index >= 15 is 0 Å². The number of aliphatic imine (C=N–C) groups is 1. The van der Waals surface area contributed by atoms with Gasteiger partial charge >= 0.3 is 0 Å². The van der Waals surface area contributed by atoms with Gasteiger partial charge in [0.15, 0.2) is 0 Å². The molecule has 0 amide bonds. The van der Waals surface area contributed by atoms with Gasteiger partial charge in [0.1, 0.15) is 0 Å². The first kappa shape index (κ1) is 8.84. The zero-order valence-electron chi connectivity index (χ0n) is 2.53. The minimum Gasteiger partial charge on any atom is -0.304 e. The van der Waals surface area contributed by atoms with Gasteiger partial charge in [-0.1, -0.05) is 0 Å². The molecule has 0 rings (SSSR count). The van der Waals surface area contributed by atoms with E-state index in [0.717, 1.165) is 0 Å². The van der Waals surface area contributed by atoms with Gasteiger partial charge in [0.05, 0.1) is 0 Å². The summed E-state index contributed by atoms with van der Waals surface area (Å²) in [6.45, 7) is 3.11. The average Bonchev–Trinajstić information content (AvgIpc) is 0.918. The molecule has 0 atom stereocenters. The van der Waals surface area contributed by atoms with Crippen LogP contribution in [0.3, 0.4) is 0 Å². The zero-order chi connectivity index (χ0) is 2.71. The van der Waals surface area contributed by atoms with E-state index in [-0.39, 0.29) is 20.4 Å². The molecule has 0 aliphatic carbocycles. The van der Waals surface area contributed by atoms with Gasteiger partial charge in [-0.3, -0.25) is 0 Å². The Balaban J connectivity index is 0. The SMILES string of the molecule is C=NC.[Re]. The van der Waals surface area contributed by atoms with Crippen LogP contribution >= 0.6 is 0 Å². The van der Waals surface area contributed by atoms with Crippen LogP contribution < -0.4 is 0 Å². The molecule has 0 saturated heterocycles. The first-order valence-electron chi connectivity index (χ1n) is 0.763. The van der Waals surface area contributed by atoms with E-state index in [0.29, 0.717) is 0 Å². The number of rotatable bonds is 0. The Morgan fingerprint density at radius 1 is 1.75 bits per heavy atom. The third-order valence-corrected chi connectivity index (χ3v) is 0. The Morgan fingerprint density at radius 2 is 1.75 bits per heavy atom. The molecule has 0 N–H and O–H groups in total. The van der Waals surface area contributed by atoms with Gasteiger partial charge in [0, 0.05) is 27.5 Å². The predicted molar refractivity (Wildman–Crippen MR) is 15.5 cm³/mol. The first-order chi connectivity index (χ1) is 1.41. The van der Waals surface area contributed by atoms with Gasteiger partial charge in [0.25, 0.3) is 0 Å². The van der Waals surface area contributed by atoms with Crippen LogP contribution in [-0.4, -0.2) is 13.8 Å². The normalized spacial score (nSPS) is 3.25. The van der Waals surface area contributed by atoms with Crippen LogP contribution in [0.1, 0.15) is 0 Å². The maximum Gasteiger partial charge on any atom is 0.0269 e. The van der Waals surface area contributed by atoms with E-state index in [1.165, 1.54) is 0 Å². The Bertz CT molecular complexity index is 13.5. The first-order valence-corrected chi connectivity index (χ1v) is 0.763. The summed E-state index contributed by atoms with van der Waals surface area (Å²) in [4.78, 5) is 3.25. The summed E-state index contributed by atoms with van der Waals surface area (Å²) in [6.07, 6.45) is 0. The molecule has 4 heavy (non-hydrogen) atoms. The molecule has 0 aliphatic heterocycles. The van der Waals surface area contributed by atoms with Gasteiger partial charge in [-0.25, -0.2) is 0 Å². The van der Waals surface area contributed by atoms with E-state index in [9.17, 15) is 0 Å². The summed E-state index contributed by atoms with van der Waals surface area (Å²) in [5.74, 6) is 0. The molecule has 0 bridgehead atoms.